The zero-order valence-electron chi connectivity index (χ0n) is 15.4. The van der Waals surface area contributed by atoms with Crippen molar-refractivity contribution in [2.45, 2.75) is 25.8 Å². The van der Waals surface area contributed by atoms with E-state index in [2.05, 4.69) is 10.6 Å². The van der Waals surface area contributed by atoms with Crippen LogP contribution in [0.3, 0.4) is 0 Å². The fraction of sp³-hybridized carbons (Fsp3) is 0.286. The maximum Gasteiger partial charge on any atom is 0.251 e. The minimum atomic E-state index is -0.322. The van der Waals surface area contributed by atoms with Gasteiger partial charge in [0.1, 0.15) is 5.82 Å². The van der Waals surface area contributed by atoms with Crippen LogP contribution in [0.25, 0.3) is 0 Å². The van der Waals surface area contributed by atoms with Crippen molar-refractivity contribution in [2.24, 2.45) is 0 Å². The van der Waals surface area contributed by atoms with Gasteiger partial charge in [-0.3, -0.25) is 14.4 Å². The van der Waals surface area contributed by atoms with E-state index >= 15 is 0 Å². The van der Waals surface area contributed by atoms with Gasteiger partial charge in [0.05, 0.1) is 6.54 Å². The van der Waals surface area contributed by atoms with E-state index < -0.39 is 0 Å². The fourth-order valence-corrected chi connectivity index (χ4v) is 2.99. The number of likely N-dealkylation sites (tertiary alicyclic amines) is 1. The lowest BCUT2D eigenvalue weighted by Crippen LogP contribution is -2.40. The zero-order chi connectivity index (χ0) is 19.9. The number of hydrogen-bond acceptors (Lipinski definition) is 3. The van der Waals surface area contributed by atoms with Crippen LogP contribution < -0.4 is 10.6 Å². The Morgan fingerprint density at radius 1 is 1.00 bits per heavy atom. The lowest BCUT2D eigenvalue weighted by Gasteiger charge is -2.25. The third kappa shape index (κ3) is 5.39. The fourth-order valence-electron chi connectivity index (χ4n) is 2.99. The summed E-state index contributed by atoms with van der Waals surface area (Å²) < 4.78 is 12.9. The summed E-state index contributed by atoms with van der Waals surface area (Å²) in [5, 5.41) is 5.50. The molecule has 2 N–H and O–H groups in total. The molecule has 0 atom stereocenters. The van der Waals surface area contributed by atoms with Crippen LogP contribution in [0, 0.1) is 5.82 Å². The highest BCUT2D eigenvalue weighted by molar-refractivity contribution is 5.97. The van der Waals surface area contributed by atoms with Gasteiger partial charge < -0.3 is 15.5 Å². The molecule has 1 saturated heterocycles. The summed E-state index contributed by atoms with van der Waals surface area (Å²) in [6.45, 7) is 0.944. The third-order valence-electron chi connectivity index (χ3n) is 4.55. The highest BCUT2D eigenvalue weighted by Crippen LogP contribution is 2.13. The van der Waals surface area contributed by atoms with Crippen molar-refractivity contribution in [1.29, 1.82) is 0 Å². The van der Waals surface area contributed by atoms with Crippen molar-refractivity contribution in [3.8, 4) is 0 Å². The molecule has 3 rings (SSSR count). The van der Waals surface area contributed by atoms with Crippen LogP contribution in [-0.4, -0.2) is 35.7 Å². The van der Waals surface area contributed by atoms with E-state index in [1.54, 1.807) is 41.3 Å². The van der Waals surface area contributed by atoms with Crippen LogP contribution in [0.1, 0.15) is 35.2 Å². The second-order valence-corrected chi connectivity index (χ2v) is 6.71. The Morgan fingerprint density at radius 3 is 2.39 bits per heavy atom. The summed E-state index contributed by atoms with van der Waals surface area (Å²) in [6.07, 6.45) is 2.29. The molecule has 1 aliphatic rings. The van der Waals surface area contributed by atoms with Crippen LogP contribution in [-0.2, 0) is 16.1 Å². The highest BCUT2D eigenvalue weighted by atomic mass is 19.1. The SMILES string of the molecule is O=C(CN1CCCCC1=O)Nc1ccc(C(=O)NCc2ccc(F)cc2)cc1. The molecule has 1 fully saturated rings. The molecule has 146 valence electrons. The number of nitrogens with one attached hydrogen (secondary N) is 2. The van der Waals surface area contributed by atoms with Crippen LogP contribution in [0.4, 0.5) is 10.1 Å². The second kappa shape index (κ2) is 9.12. The van der Waals surface area contributed by atoms with Gasteiger partial charge in [-0.15, -0.1) is 0 Å². The Balaban J connectivity index is 1.49. The first-order valence-corrected chi connectivity index (χ1v) is 9.21. The number of piperidine rings is 1. The number of nitrogens with zero attached hydrogens (tertiary/aromatic N) is 1. The molecule has 7 heteroatoms. The number of hydrogen-bond donors (Lipinski definition) is 2. The number of rotatable bonds is 6. The number of carbonyl (C=O) groups excluding carboxylic acids is 3. The first-order valence-electron chi connectivity index (χ1n) is 9.21. The largest absolute Gasteiger partial charge is 0.348 e. The molecule has 0 aromatic heterocycles. The minimum Gasteiger partial charge on any atom is -0.348 e. The molecule has 0 spiro atoms. The predicted molar refractivity (Wildman–Crippen MR) is 103 cm³/mol. The molecule has 3 amide bonds. The minimum absolute atomic E-state index is 0.00886. The van der Waals surface area contributed by atoms with Gasteiger partial charge in [-0.2, -0.15) is 0 Å². The number of carbonyl (C=O) groups is 3. The van der Waals surface area contributed by atoms with Gasteiger partial charge in [0.2, 0.25) is 11.8 Å². The summed E-state index contributed by atoms with van der Waals surface area (Å²) in [5.41, 5.74) is 1.81. The van der Waals surface area contributed by atoms with E-state index in [4.69, 9.17) is 0 Å². The molecule has 0 saturated carbocycles. The summed E-state index contributed by atoms with van der Waals surface area (Å²) >= 11 is 0. The third-order valence-corrected chi connectivity index (χ3v) is 4.55. The highest BCUT2D eigenvalue weighted by Gasteiger charge is 2.20. The van der Waals surface area contributed by atoms with E-state index in [0.29, 0.717) is 30.8 Å². The standard InChI is InChI=1S/C21H22FN3O3/c22-17-8-4-15(5-9-17)13-23-21(28)16-6-10-18(11-7-16)24-19(26)14-25-12-2-1-3-20(25)27/h4-11H,1-3,12-14H2,(H,23,28)(H,24,26). The quantitative estimate of drug-likeness (QED) is 0.805. The average molecular weight is 383 g/mol. The molecule has 1 heterocycles. The lowest BCUT2D eigenvalue weighted by atomic mass is 10.1. The number of amides is 3. The van der Waals surface area contributed by atoms with E-state index in [0.717, 1.165) is 18.4 Å². The summed E-state index contributed by atoms with van der Waals surface area (Å²) in [7, 11) is 0. The Kier molecular flexibility index (Phi) is 6.37. The lowest BCUT2D eigenvalue weighted by molar-refractivity contribution is -0.136. The van der Waals surface area contributed by atoms with Gasteiger partial charge in [-0.25, -0.2) is 4.39 Å². The van der Waals surface area contributed by atoms with Gasteiger partial charge >= 0.3 is 0 Å². The van der Waals surface area contributed by atoms with Crippen molar-refractivity contribution >= 4 is 23.4 Å². The van der Waals surface area contributed by atoms with Crippen molar-refractivity contribution in [3.63, 3.8) is 0 Å². The Morgan fingerprint density at radius 2 is 1.71 bits per heavy atom. The normalized spacial score (nSPS) is 13.9. The molecule has 2 aromatic rings. The maximum absolute atomic E-state index is 12.9. The first kappa shape index (κ1) is 19.5. The Hall–Kier alpha value is -3.22. The summed E-state index contributed by atoms with van der Waals surface area (Å²) in [4.78, 5) is 37.6. The number of halogens is 1. The van der Waals surface area contributed by atoms with Crippen LogP contribution >= 0.6 is 0 Å². The monoisotopic (exact) mass is 383 g/mol. The second-order valence-electron chi connectivity index (χ2n) is 6.71. The molecule has 0 bridgehead atoms. The van der Waals surface area contributed by atoms with Crippen molar-refractivity contribution in [2.75, 3.05) is 18.4 Å². The molecule has 1 aliphatic heterocycles. The average Bonchev–Trinajstić information content (AvgIpc) is 2.69. The Labute approximate surface area is 162 Å². The number of benzene rings is 2. The molecule has 6 nitrogen and oxygen atoms in total. The first-order chi connectivity index (χ1) is 13.5. The molecule has 0 aliphatic carbocycles. The topological polar surface area (TPSA) is 78.5 Å². The number of anilines is 1. The molecule has 0 radical (unpaired) electrons. The van der Waals surface area contributed by atoms with Gasteiger partial charge in [0.25, 0.3) is 5.91 Å². The molecule has 2 aromatic carbocycles. The van der Waals surface area contributed by atoms with Gasteiger partial charge in [0, 0.05) is 30.8 Å². The predicted octanol–water partition coefficient (Wildman–Crippen LogP) is 2.71. The van der Waals surface area contributed by atoms with Crippen LogP contribution in [0.2, 0.25) is 0 Å². The van der Waals surface area contributed by atoms with E-state index in [9.17, 15) is 18.8 Å². The molecular weight excluding hydrogens is 361 g/mol. The van der Waals surface area contributed by atoms with E-state index in [1.165, 1.54) is 12.1 Å². The van der Waals surface area contributed by atoms with Crippen LogP contribution in [0.5, 0.6) is 0 Å². The van der Waals surface area contributed by atoms with Gasteiger partial charge in [0.15, 0.2) is 0 Å². The van der Waals surface area contributed by atoms with E-state index in [1.807, 2.05) is 0 Å². The van der Waals surface area contributed by atoms with Crippen molar-refractivity contribution < 1.29 is 18.8 Å². The molecule has 0 unspecified atom stereocenters. The smallest absolute Gasteiger partial charge is 0.251 e. The Bertz CT molecular complexity index is 850. The molecule has 28 heavy (non-hydrogen) atoms. The maximum atomic E-state index is 12.9. The van der Waals surface area contributed by atoms with Crippen LogP contribution in [0.15, 0.2) is 48.5 Å². The molecular formula is C21H22FN3O3. The summed E-state index contributed by atoms with van der Waals surface area (Å²) in [6, 6.07) is 12.4. The zero-order valence-corrected chi connectivity index (χ0v) is 15.4. The van der Waals surface area contributed by atoms with Gasteiger partial charge in [-0.05, 0) is 54.8 Å². The van der Waals surface area contributed by atoms with Crippen molar-refractivity contribution in [3.05, 3.63) is 65.5 Å². The van der Waals surface area contributed by atoms with Gasteiger partial charge in [-0.1, -0.05) is 12.1 Å². The summed E-state index contributed by atoms with van der Waals surface area (Å²) in [5.74, 6) is -0.836. The van der Waals surface area contributed by atoms with Crippen molar-refractivity contribution in [1.82, 2.24) is 10.2 Å². The van der Waals surface area contributed by atoms with E-state index in [-0.39, 0.29) is 30.1 Å².